The summed E-state index contributed by atoms with van der Waals surface area (Å²) >= 11 is 1.39. The van der Waals surface area contributed by atoms with Crippen LogP contribution in [0.2, 0.25) is 0 Å². The first kappa shape index (κ1) is 17.5. The Kier molecular flexibility index (Phi) is 4.28. The van der Waals surface area contributed by atoms with Crippen LogP contribution in [0.5, 0.6) is 5.75 Å². The Morgan fingerprint density at radius 2 is 2.00 bits per heavy atom. The van der Waals surface area contributed by atoms with Gasteiger partial charge in [-0.1, -0.05) is 21.8 Å². The van der Waals surface area contributed by atoms with Gasteiger partial charge in [0.1, 0.15) is 17.0 Å². The summed E-state index contributed by atoms with van der Waals surface area (Å²) in [4.78, 5) is 4.28. The number of fused-ring (bicyclic) bond motifs is 1. The molecule has 0 saturated carbocycles. The molecular weight excluding hydrogens is 386 g/mol. The van der Waals surface area contributed by atoms with Gasteiger partial charge in [0.15, 0.2) is 0 Å². The Bertz CT molecular complexity index is 1300. The number of imidazole rings is 1. The van der Waals surface area contributed by atoms with E-state index < -0.39 is 0 Å². The van der Waals surface area contributed by atoms with Gasteiger partial charge in [0, 0.05) is 11.8 Å². The quantitative estimate of drug-likeness (QED) is 0.447. The second kappa shape index (κ2) is 7.10. The van der Waals surface area contributed by atoms with Gasteiger partial charge in [-0.2, -0.15) is 0 Å². The summed E-state index contributed by atoms with van der Waals surface area (Å²) < 4.78 is 14.4. The van der Waals surface area contributed by atoms with E-state index in [-0.39, 0.29) is 0 Å². The number of benzene rings is 2. The van der Waals surface area contributed by atoms with Crippen molar-refractivity contribution in [2.75, 3.05) is 7.11 Å². The lowest BCUT2D eigenvalue weighted by atomic mass is 10.1. The first-order valence-corrected chi connectivity index (χ1v) is 9.77. The lowest BCUT2D eigenvalue weighted by Crippen LogP contribution is -2.00. The maximum Gasteiger partial charge on any atom is 0.143 e. The highest BCUT2D eigenvalue weighted by atomic mass is 32.1. The van der Waals surface area contributed by atoms with Crippen LogP contribution in [0.1, 0.15) is 11.3 Å². The number of methoxy groups -OCH3 is 1. The summed E-state index contributed by atoms with van der Waals surface area (Å²) in [5, 5.41) is 12.7. The molecule has 0 amide bonds. The third kappa shape index (κ3) is 3.36. The second-order valence-electron chi connectivity index (χ2n) is 6.69. The first-order valence-electron chi connectivity index (χ1n) is 9.00. The van der Waals surface area contributed by atoms with Gasteiger partial charge in [-0.05, 0) is 48.3 Å². The van der Waals surface area contributed by atoms with Gasteiger partial charge in [0.2, 0.25) is 0 Å². The number of hydrogen-bond donors (Lipinski definition) is 0. The average Bonchev–Trinajstić information content (AvgIpc) is 3.48. The Labute approximate surface area is 170 Å². The fourth-order valence-electron chi connectivity index (χ4n) is 3.22. The minimum absolute atomic E-state index is 0.615. The molecule has 0 saturated heterocycles. The van der Waals surface area contributed by atoms with Crippen molar-refractivity contribution in [1.29, 1.82) is 0 Å². The lowest BCUT2D eigenvalue weighted by Gasteiger charge is -2.10. The molecule has 0 radical (unpaired) electrons. The molecule has 0 aliphatic heterocycles. The van der Waals surface area contributed by atoms with E-state index in [1.807, 2.05) is 58.9 Å². The molecule has 3 aromatic heterocycles. The van der Waals surface area contributed by atoms with Crippen LogP contribution in [-0.4, -0.2) is 41.2 Å². The monoisotopic (exact) mass is 403 g/mol. The van der Waals surface area contributed by atoms with Gasteiger partial charge >= 0.3 is 0 Å². The molecule has 0 bridgehead atoms. The number of aromatic nitrogens is 7. The number of rotatable bonds is 5. The normalized spacial score (nSPS) is 11.2. The van der Waals surface area contributed by atoms with E-state index in [2.05, 4.69) is 30.9 Å². The van der Waals surface area contributed by atoms with Crippen molar-refractivity contribution < 1.29 is 4.74 Å². The highest BCUT2D eigenvalue weighted by molar-refractivity contribution is 7.12. The average molecular weight is 403 g/mol. The number of aryl methyl sites for hydroxylation is 1. The zero-order chi connectivity index (χ0) is 19.8. The third-order valence-corrected chi connectivity index (χ3v) is 5.36. The van der Waals surface area contributed by atoms with Crippen LogP contribution in [0, 0.1) is 6.92 Å². The summed E-state index contributed by atoms with van der Waals surface area (Å²) in [6.45, 7) is 2.57. The Hall–Kier alpha value is -3.59. The molecule has 5 rings (SSSR count). The largest absolute Gasteiger partial charge is 0.495 e. The predicted molar refractivity (Wildman–Crippen MR) is 110 cm³/mol. The maximum absolute atomic E-state index is 5.59. The van der Waals surface area contributed by atoms with Crippen molar-refractivity contribution in [2.24, 2.45) is 0 Å². The molecular formula is C20H17N7OS. The van der Waals surface area contributed by atoms with E-state index in [0.717, 1.165) is 44.2 Å². The molecule has 5 aromatic rings. The predicted octanol–water partition coefficient (Wildman–Crippen LogP) is 3.50. The van der Waals surface area contributed by atoms with Crippen LogP contribution in [-0.2, 0) is 6.54 Å². The highest BCUT2D eigenvalue weighted by Crippen LogP contribution is 2.29. The van der Waals surface area contributed by atoms with Gasteiger partial charge in [0.05, 0.1) is 42.3 Å². The molecule has 0 atom stereocenters. The van der Waals surface area contributed by atoms with E-state index in [0.29, 0.717) is 6.54 Å². The highest BCUT2D eigenvalue weighted by Gasteiger charge is 2.11. The number of hydrogen-bond acceptors (Lipinski definition) is 7. The molecule has 9 heteroatoms. The van der Waals surface area contributed by atoms with Crippen molar-refractivity contribution in [2.45, 2.75) is 13.5 Å². The summed E-state index contributed by atoms with van der Waals surface area (Å²) in [6, 6.07) is 12.1. The van der Waals surface area contributed by atoms with Gasteiger partial charge in [0.25, 0.3) is 0 Å². The van der Waals surface area contributed by atoms with Crippen molar-refractivity contribution >= 4 is 21.7 Å². The molecule has 0 unspecified atom stereocenters. The zero-order valence-corrected chi connectivity index (χ0v) is 16.7. The molecule has 8 nitrogen and oxygen atoms in total. The molecule has 3 heterocycles. The minimum Gasteiger partial charge on any atom is -0.495 e. The van der Waals surface area contributed by atoms with Crippen molar-refractivity contribution in [1.82, 2.24) is 34.1 Å². The lowest BCUT2D eigenvalue weighted by molar-refractivity contribution is 0.413. The SMILES string of the molecule is COc1cc(-c2cn(Cc3ccc4snnc4c3)nn2)ccc1-n1cnc(C)c1. The van der Waals surface area contributed by atoms with E-state index in [1.54, 1.807) is 13.4 Å². The molecule has 144 valence electrons. The van der Waals surface area contributed by atoms with Gasteiger partial charge in [-0.15, -0.1) is 10.2 Å². The second-order valence-corrected chi connectivity index (χ2v) is 7.47. The van der Waals surface area contributed by atoms with Crippen LogP contribution in [0.4, 0.5) is 0 Å². The third-order valence-electron chi connectivity index (χ3n) is 4.66. The van der Waals surface area contributed by atoms with Gasteiger partial charge < -0.3 is 9.30 Å². The topological polar surface area (TPSA) is 83.5 Å². The van der Waals surface area contributed by atoms with Crippen LogP contribution < -0.4 is 4.74 Å². The van der Waals surface area contributed by atoms with Gasteiger partial charge in [-0.3, -0.25) is 0 Å². The van der Waals surface area contributed by atoms with Crippen molar-refractivity contribution in [3.8, 4) is 22.7 Å². The fourth-order valence-corrected chi connectivity index (χ4v) is 3.76. The first-order chi connectivity index (χ1) is 14.2. The van der Waals surface area contributed by atoms with Crippen LogP contribution in [0.15, 0.2) is 55.1 Å². The summed E-state index contributed by atoms with van der Waals surface area (Å²) in [5.74, 6) is 0.746. The van der Waals surface area contributed by atoms with E-state index in [9.17, 15) is 0 Å². The van der Waals surface area contributed by atoms with Crippen LogP contribution in [0.3, 0.4) is 0 Å². The Morgan fingerprint density at radius 3 is 2.83 bits per heavy atom. The molecule has 0 N–H and O–H groups in total. The van der Waals surface area contributed by atoms with E-state index >= 15 is 0 Å². The van der Waals surface area contributed by atoms with E-state index in [1.165, 1.54) is 11.5 Å². The van der Waals surface area contributed by atoms with Gasteiger partial charge in [-0.25, -0.2) is 9.67 Å². The van der Waals surface area contributed by atoms with Crippen molar-refractivity contribution in [3.05, 3.63) is 66.4 Å². The number of nitrogens with zero attached hydrogens (tertiary/aromatic N) is 7. The van der Waals surface area contributed by atoms with E-state index in [4.69, 9.17) is 4.74 Å². The van der Waals surface area contributed by atoms with Crippen LogP contribution >= 0.6 is 11.5 Å². The molecule has 0 aliphatic rings. The van der Waals surface area contributed by atoms with Crippen LogP contribution in [0.25, 0.3) is 27.2 Å². The standard InChI is InChI=1S/C20H17N7OS/c1-13-9-26(12-21-13)18-5-4-15(8-19(18)28-2)17-11-27(24-22-17)10-14-3-6-20-16(7-14)23-25-29-20/h3-9,11-12H,10H2,1-2H3. The maximum atomic E-state index is 5.59. The number of ether oxygens (including phenoxy) is 1. The Balaban J connectivity index is 1.42. The molecule has 29 heavy (non-hydrogen) atoms. The molecule has 0 aliphatic carbocycles. The summed E-state index contributed by atoms with van der Waals surface area (Å²) in [6.07, 6.45) is 5.67. The van der Waals surface area contributed by atoms with Crippen molar-refractivity contribution in [3.63, 3.8) is 0 Å². The molecule has 0 spiro atoms. The smallest absolute Gasteiger partial charge is 0.143 e. The summed E-state index contributed by atoms with van der Waals surface area (Å²) in [7, 11) is 1.66. The molecule has 2 aromatic carbocycles. The zero-order valence-electron chi connectivity index (χ0n) is 15.9. The fraction of sp³-hybridized carbons (Fsp3) is 0.150. The summed E-state index contributed by atoms with van der Waals surface area (Å²) in [5.41, 5.74) is 5.61. The minimum atomic E-state index is 0.615. The molecule has 0 fully saturated rings. The Morgan fingerprint density at radius 1 is 1.07 bits per heavy atom.